The molecular weight excluding hydrogens is 233 g/mol. The molecule has 0 saturated heterocycles. The molecule has 0 aliphatic heterocycles. The van der Waals surface area contributed by atoms with E-state index >= 15 is 0 Å². The highest BCUT2D eigenvalue weighted by Gasteiger charge is 2.36. The van der Waals surface area contributed by atoms with E-state index in [0.717, 1.165) is 0 Å². The molecule has 0 heterocycles. The fourth-order valence-electron chi connectivity index (χ4n) is 0.534. The number of rotatable bonds is 0. The number of alkyl halides is 3. The highest BCUT2D eigenvalue weighted by Crippen LogP contribution is 2.20. The Labute approximate surface area is 85.3 Å². The highest BCUT2D eigenvalue weighted by molar-refractivity contribution is 7.86. The van der Waals surface area contributed by atoms with Crippen LogP contribution in [0.1, 0.15) is 5.56 Å². The Balaban J connectivity index is 0.000000262. The Morgan fingerprint density at radius 2 is 1.47 bits per heavy atom. The van der Waals surface area contributed by atoms with Gasteiger partial charge in [0, 0.05) is 0 Å². The summed E-state index contributed by atoms with van der Waals surface area (Å²) in [6.07, 6.45) is 0. The van der Waals surface area contributed by atoms with E-state index in [2.05, 4.69) is 19.1 Å². The lowest BCUT2D eigenvalue weighted by Gasteiger charge is -2.08. The molecule has 0 atom stereocenters. The van der Waals surface area contributed by atoms with Gasteiger partial charge in [-0.2, -0.15) is 13.2 Å². The standard InChI is InChI=1S/C7H8.CHF3O3S/c1-7-5-3-2-4-6-7;2-1(3,4)8(5,6)7/h2-6H,1H3;(H,5,6,7)/p-1. The van der Waals surface area contributed by atoms with E-state index in [1.165, 1.54) is 5.56 Å². The number of halogens is 3. The van der Waals surface area contributed by atoms with E-state index < -0.39 is 15.6 Å². The first-order chi connectivity index (χ1) is 6.64. The summed E-state index contributed by atoms with van der Waals surface area (Å²) in [5.41, 5.74) is -4.32. The Bertz CT molecular complexity index is 383. The minimum absolute atomic E-state index is 1.32. The first-order valence-electron chi connectivity index (χ1n) is 3.68. The van der Waals surface area contributed by atoms with Crippen LogP contribution in [0.2, 0.25) is 0 Å². The average Bonchev–Trinajstić information content (AvgIpc) is 2.02. The van der Waals surface area contributed by atoms with E-state index in [1.54, 1.807) is 0 Å². The number of aryl methyl sites for hydroxylation is 1. The zero-order chi connectivity index (χ0) is 12.1. The smallest absolute Gasteiger partial charge is 0.485 e. The molecule has 7 heteroatoms. The van der Waals surface area contributed by atoms with Gasteiger partial charge in [0.1, 0.15) is 0 Å². The van der Waals surface area contributed by atoms with Crippen molar-refractivity contribution >= 4 is 10.1 Å². The summed E-state index contributed by atoms with van der Waals surface area (Å²) in [5.74, 6) is 0. The molecule has 0 fully saturated rings. The van der Waals surface area contributed by atoms with Crippen molar-refractivity contribution in [3.05, 3.63) is 35.9 Å². The van der Waals surface area contributed by atoms with Crippen LogP contribution in [0.5, 0.6) is 0 Å². The van der Waals surface area contributed by atoms with Gasteiger partial charge in [0.15, 0.2) is 10.1 Å². The molecule has 0 saturated carbocycles. The fourth-order valence-corrected chi connectivity index (χ4v) is 0.534. The van der Waals surface area contributed by atoms with E-state index in [4.69, 9.17) is 13.0 Å². The maximum absolute atomic E-state index is 10.7. The molecule has 0 aliphatic rings. The monoisotopic (exact) mass is 241 g/mol. The van der Waals surface area contributed by atoms with Gasteiger partial charge in [-0.3, -0.25) is 0 Å². The van der Waals surface area contributed by atoms with Crippen molar-refractivity contribution in [1.82, 2.24) is 0 Å². The van der Waals surface area contributed by atoms with Crippen LogP contribution >= 0.6 is 0 Å². The molecule has 1 rings (SSSR count). The van der Waals surface area contributed by atoms with Gasteiger partial charge in [-0.05, 0) is 6.92 Å². The van der Waals surface area contributed by atoms with Gasteiger partial charge in [-0.25, -0.2) is 8.42 Å². The van der Waals surface area contributed by atoms with Crippen LogP contribution in [-0.4, -0.2) is 18.5 Å². The van der Waals surface area contributed by atoms with Crippen LogP contribution in [0.25, 0.3) is 0 Å². The molecular formula is C8H8F3O3S-. The van der Waals surface area contributed by atoms with E-state index in [9.17, 15) is 13.2 Å². The van der Waals surface area contributed by atoms with Crippen LogP contribution in [0.4, 0.5) is 13.2 Å². The van der Waals surface area contributed by atoms with Crippen molar-refractivity contribution in [2.75, 3.05) is 0 Å². The van der Waals surface area contributed by atoms with Gasteiger partial charge in [-0.15, -0.1) is 0 Å². The predicted molar refractivity (Wildman–Crippen MR) is 46.9 cm³/mol. The number of benzene rings is 1. The maximum Gasteiger partial charge on any atom is 0.485 e. The van der Waals surface area contributed by atoms with E-state index in [0.29, 0.717) is 0 Å². The summed E-state index contributed by atoms with van der Waals surface area (Å²) in [6.45, 7) is 2.08. The topological polar surface area (TPSA) is 57.2 Å². The zero-order valence-corrected chi connectivity index (χ0v) is 8.47. The molecule has 0 bridgehead atoms. The van der Waals surface area contributed by atoms with Crippen LogP contribution in [0.3, 0.4) is 0 Å². The van der Waals surface area contributed by atoms with Crippen molar-refractivity contribution < 1.29 is 26.1 Å². The Kier molecular flexibility index (Phi) is 4.76. The summed E-state index contributed by atoms with van der Waals surface area (Å²) < 4.78 is 58.9. The van der Waals surface area contributed by atoms with Gasteiger partial charge >= 0.3 is 5.51 Å². The normalized spacial score (nSPS) is 11.5. The van der Waals surface area contributed by atoms with E-state index in [1.807, 2.05) is 18.2 Å². The molecule has 0 radical (unpaired) electrons. The third-order valence-corrected chi connectivity index (χ3v) is 1.79. The van der Waals surface area contributed by atoms with Crippen molar-refractivity contribution in [3.8, 4) is 0 Å². The number of hydrogen-bond donors (Lipinski definition) is 0. The second-order valence-electron chi connectivity index (χ2n) is 2.55. The largest absolute Gasteiger partial charge is 0.741 e. The summed E-state index contributed by atoms with van der Waals surface area (Å²) in [7, 11) is -6.09. The summed E-state index contributed by atoms with van der Waals surface area (Å²) >= 11 is 0. The third-order valence-electron chi connectivity index (χ3n) is 1.22. The zero-order valence-electron chi connectivity index (χ0n) is 7.65. The minimum Gasteiger partial charge on any atom is -0.741 e. The second-order valence-corrected chi connectivity index (χ2v) is 3.93. The summed E-state index contributed by atoms with van der Waals surface area (Å²) in [4.78, 5) is 0. The van der Waals surface area contributed by atoms with Crippen molar-refractivity contribution in [3.63, 3.8) is 0 Å². The molecule has 0 N–H and O–H groups in total. The fraction of sp³-hybridized carbons (Fsp3) is 0.250. The predicted octanol–water partition coefficient (Wildman–Crippen LogP) is 2.05. The minimum atomic E-state index is -6.09. The maximum atomic E-state index is 10.7. The molecule has 0 spiro atoms. The quantitative estimate of drug-likeness (QED) is 0.516. The highest BCUT2D eigenvalue weighted by atomic mass is 32.2. The molecule has 1 aromatic carbocycles. The molecule has 0 aromatic heterocycles. The van der Waals surface area contributed by atoms with Crippen molar-refractivity contribution in [2.24, 2.45) is 0 Å². The molecule has 0 aliphatic carbocycles. The van der Waals surface area contributed by atoms with Crippen LogP contribution in [0.15, 0.2) is 30.3 Å². The summed E-state index contributed by atoms with van der Waals surface area (Å²) in [6, 6.07) is 10.3. The Morgan fingerprint density at radius 1 is 1.13 bits per heavy atom. The lowest BCUT2D eigenvalue weighted by Crippen LogP contribution is -2.21. The Morgan fingerprint density at radius 3 is 1.60 bits per heavy atom. The first kappa shape index (κ1) is 13.9. The van der Waals surface area contributed by atoms with E-state index in [-0.39, 0.29) is 0 Å². The van der Waals surface area contributed by atoms with Gasteiger partial charge in [0.2, 0.25) is 0 Å². The van der Waals surface area contributed by atoms with Crippen LogP contribution in [-0.2, 0) is 10.1 Å². The SMILES string of the molecule is Cc1ccccc1.O=S(=O)([O-])C(F)(F)F. The molecule has 15 heavy (non-hydrogen) atoms. The Hall–Kier alpha value is -1.08. The average molecular weight is 241 g/mol. The lowest BCUT2D eigenvalue weighted by atomic mass is 10.2. The summed E-state index contributed by atoms with van der Waals surface area (Å²) in [5, 5.41) is 0. The van der Waals surface area contributed by atoms with Crippen molar-refractivity contribution in [2.45, 2.75) is 12.4 Å². The molecule has 0 amide bonds. The van der Waals surface area contributed by atoms with Crippen molar-refractivity contribution in [1.29, 1.82) is 0 Å². The molecule has 3 nitrogen and oxygen atoms in total. The van der Waals surface area contributed by atoms with Crippen LogP contribution in [0, 0.1) is 6.92 Å². The van der Waals surface area contributed by atoms with Gasteiger partial charge in [-0.1, -0.05) is 35.9 Å². The number of hydrogen-bond acceptors (Lipinski definition) is 3. The van der Waals surface area contributed by atoms with Gasteiger partial charge in [0.05, 0.1) is 0 Å². The lowest BCUT2D eigenvalue weighted by molar-refractivity contribution is -0.0517. The molecule has 1 aromatic rings. The second kappa shape index (κ2) is 5.13. The first-order valence-corrected chi connectivity index (χ1v) is 5.09. The molecule has 86 valence electrons. The molecule has 0 unspecified atom stereocenters. The van der Waals surface area contributed by atoms with Gasteiger partial charge in [0.25, 0.3) is 0 Å². The van der Waals surface area contributed by atoms with Gasteiger partial charge < -0.3 is 4.55 Å². The van der Waals surface area contributed by atoms with Crippen LogP contribution < -0.4 is 0 Å². The third kappa shape index (κ3) is 6.08.